The van der Waals surface area contributed by atoms with Crippen LogP contribution in [0.2, 0.25) is 0 Å². The highest BCUT2D eigenvalue weighted by Crippen LogP contribution is 2.29. The van der Waals surface area contributed by atoms with Crippen molar-refractivity contribution < 1.29 is 18.0 Å². The molecule has 2 aliphatic rings. The number of likely N-dealkylation sites (N-methyl/N-ethyl adjacent to an activating group) is 1. The van der Waals surface area contributed by atoms with E-state index >= 15 is 0 Å². The van der Waals surface area contributed by atoms with Gasteiger partial charge in [-0.25, -0.2) is 4.79 Å². The standard InChI is InChI=1S/C18H24F3N3O/c1-23-10-14-3-2-4-16(23)12-24(11-14)17(25)22-9-13-5-7-15(8-6-13)18(19,20)21/h5-8,14,16H,2-4,9-12H2,1H3,(H,22,25)/t14-,16-/m0/s1. The lowest BCUT2D eigenvalue weighted by Crippen LogP contribution is -2.46. The summed E-state index contributed by atoms with van der Waals surface area (Å²) in [7, 11) is 2.12. The van der Waals surface area contributed by atoms with Crippen molar-refractivity contribution in [3.63, 3.8) is 0 Å². The zero-order chi connectivity index (χ0) is 18.0. The van der Waals surface area contributed by atoms with E-state index in [1.54, 1.807) is 0 Å². The summed E-state index contributed by atoms with van der Waals surface area (Å²) >= 11 is 0. The van der Waals surface area contributed by atoms with Crippen molar-refractivity contribution in [1.82, 2.24) is 15.1 Å². The van der Waals surface area contributed by atoms with Crippen LogP contribution < -0.4 is 5.32 Å². The number of benzene rings is 1. The number of carbonyl (C=O) groups is 1. The van der Waals surface area contributed by atoms with E-state index in [1.165, 1.54) is 18.6 Å². The summed E-state index contributed by atoms with van der Waals surface area (Å²) in [6, 6.07) is 5.18. The molecule has 2 fully saturated rings. The Hall–Kier alpha value is -1.76. The molecule has 0 aliphatic carbocycles. The summed E-state index contributed by atoms with van der Waals surface area (Å²) in [4.78, 5) is 16.7. The highest BCUT2D eigenvalue weighted by molar-refractivity contribution is 5.74. The topological polar surface area (TPSA) is 35.6 Å². The quantitative estimate of drug-likeness (QED) is 0.883. The second-order valence-corrected chi connectivity index (χ2v) is 7.15. The average molecular weight is 355 g/mol. The van der Waals surface area contributed by atoms with Crippen LogP contribution in [0.3, 0.4) is 0 Å². The molecule has 4 nitrogen and oxygen atoms in total. The third-order valence-corrected chi connectivity index (χ3v) is 5.24. The lowest BCUT2D eigenvalue weighted by molar-refractivity contribution is -0.137. The summed E-state index contributed by atoms with van der Waals surface area (Å²) in [5.74, 6) is 0.495. The van der Waals surface area contributed by atoms with Crippen LogP contribution in [0.25, 0.3) is 0 Å². The van der Waals surface area contributed by atoms with E-state index in [2.05, 4.69) is 17.3 Å². The van der Waals surface area contributed by atoms with E-state index in [-0.39, 0.29) is 12.6 Å². The Morgan fingerprint density at radius 1 is 1.16 bits per heavy atom. The van der Waals surface area contributed by atoms with Crippen LogP contribution in [0.5, 0.6) is 0 Å². The molecule has 1 N–H and O–H groups in total. The van der Waals surface area contributed by atoms with Crippen molar-refractivity contribution >= 4 is 6.03 Å². The maximum atomic E-state index is 12.6. The van der Waals surface area contributed by atoms with E-state index in [1.807, 2.05) is 4.90 Å². The first-order valence-electron chi connectivity index (χ1n) is 8.72. The lowest BCUT2D eigenvalue weighted by atomic mass is 10.00. The first kappa shape index (κ1) is 18.0. The van der Waals surface area contributed by atoms with Gasteiger partial charge in [-0.15, -0.1) is 0 Å². The Morgan fingerprint density at radius 3 is 2.56 bits per heavy atom. The molecule has 1 aromatic rings. The highest BCUT2D eigenvalue weighted by atomic mass is 19.4. The smallest absolute Gasteiger partial charge is 0.334 e. The zero-order valence-corrected chi connectivity index (χ0v) is 14.4. The molecule has 0 spiro atoms. The van der Waals surface area contributed by atoms with E-state index in [0.29, 0.717) is 24.1 Å². The minimum absolute atomic E-state index is 0.132. The fourth-order valence-corrected chi connectivity index (χ4v) is 3.80. The Morgan fingerprint density at radius 2 is 1.88 bits per heavy atom. The molecule has 3 rings (SSSR count). The zero-order valence-electron chi connectivity index (χ0n) is 14.4. The minimum atomic E-state index is -4.34. The number of carbonyl (C=O) groups excluding carboxylic acids is 1. The van der Waals surface area contributed by atoms with Crippen molar-refractivity contribution in [3.8, 4) is 0 Å². The molecule has 2 aliphatic heterocycles. The van der Waals surface area contributed by atoms with Gasteiger partial charge in [0, 0.05) is 32.2 Å². The van der Waals surface area contributed by atoms with Gasteiger partial charge in [0.1, 0.15) is 0 Å². The number of alkyl halides is 3. The molecule has 2 atom stereocenters. The number of fused-ring (bicyclic) bond motifs is 3. The summed E-state index contributed by atoms with van der Waals surface area (Å²) in [6.45, 7) is 2.72. The van der Waals surface area contributed by atoms with E-state index in [0.717, 1.165) is 38.1 Å². The molecular weight excluding hydrogens is 331 g/mol. The number of amides is 2. The molecule has 0 unspecified atom stereocenters. The average Bonchev–Trinajstić information content (AvgIpc) is 2.80. The number of nitrogens with one attached hydrogen (secondary N) is 1. The number of halogens is 3. The second-order valence-electron chi connectivity index (χ2n) is 7.15. The third-order valence-electron chi connectivity index (χ3n) is 5.24. The summed E-state index contributed by atoms with van der Waals surface area (Å²) < 4.78 is 37.7. The third kappa shape index (κ3) is 4.45. The Balaban J connectivity index is 1.57. The van der Waals surface area contributed by atoms with Crippen LogP contribution in [-0.4, -0.2) is 48.6 Å². The van der Waals surface area contributed by atoms with Crippen molar-refractivity contribution in [2.75, 3.05) is 26.7 Å². The summed E-state index contributed by atoms with van der Waals surface area (Å²) in [5, 5.41) is 2.85. The SMILES string of the molecule is CN1C[C@@H]2CCC[C@H]1CN(C(=O)NCc1ccc(C(F)(F)F)cc1)C2. The molecule has 1 aromatic carbocycles. The Labute approximate surface area is 146 Å². The Kier molecular flexibility index (Phi) is 5.22. The van der Waals surface area contributed by atoms with Gasteiger partial charge in [0.15, 0.2) is 0 Å². The lowest BCUT2D eigenvalue weighted by Gasteiger charge is -2.29. The van der Waals surface area contributed by atoms with Gasteiger partial charge in [0.05, 0.1) is 5.56 Å². The van der Waals surface area contributed by atoms with Crippen molar-refractivity contribution in [2.24, 2.45) is 5.92 Å². The molecule has 7 heteroatoms. The highest BCUT2D eigenvalue weighted by Gasteiger charge is 2.33. The number of hydrogen-bond acceptors (Lipinski definition) is 2. The number of likely N-dealkylation sites (tertiary alicyclic amines) is 1. The van der Waals surface area contributed by atoms with Gasteiger partial charge in [-0.05, 0) is 43.5 Å². The monoisotopic (exact) mass is 355 g/mol. The van der Waals surface area contributed by atoms with Crippen LogP contribution in [0.15, 0.2) is 24.3 Å². The fraction of sp³-hybridized carbons (Fsp3) is 0.611. The molecule has 2 saturated heterocycles. The van der Waals surface area contributed by atoms with Crippen molar-refractivity contribution in [2.45, 2.75) is 38.0 Å². The van der Waals surface area contributed by atoms with Crippen LogP contribution >= 0.6 is 0 Å². The number of hydrogen-bond donors (Lipinski definition) is 1. The molecule has 2 amide bonds. The van der Waals surface area contributed by atoms with Crippen LogP contribution in [0.1, 0.15) is 30.4 Å². The number of urea groups is 1. The summed E-state index contributed by atoms with van der Waals surface area (Å²) in [5.41, 5.74) is -0.0144. The van der Waals surface area contributed by atoms with E-state index in [9.17, 15) is 18.0 Å². The second kappa shape index (κ2) is 7.23. The van der Waals surface area contributed by atoms with E-state index < -0.39 is 11.7 Å². The van der Waals surface area contributed by atoms with Crippen molar-refractivity contribution in [3.05, 3.63) is 35.4 Å². The number of rotatable bonds is 2. The van der Waals surface area contributed by atoms with E-state index in [4.69, 9.17) is 0 Å². The summed E-state index contributed by atoms with van der Waals surface area (Å²) in [6.07, 6.45) is -0.877. The normalized spacial score (nSPS) is 24.7. The van der Waals surface area contributed by atoms with Crippen LogP contribution in [0, 0.1) is 5.92 Å². The molecule has 138 valence electrons. The molecule has 0 saturated carbocycles. The van der Waals surface area contributed by atoms with Gasteiger partial charge >= 0.3 is 12.2 Å². The van der Waals surface area contributed by atoms with Crippen molar-refractivity contribution in [1.29, 1.82) is 0 Å². The molecule has 0 radical (unpaired) electrons. The number of nitrogens with zero attached hydrogens (tertiary/aromatic N) is 2. The Bertz CT molecular complexity index is 603. The molecule has 0 aromatic heterocycles. The first-order valence-corrected chi connectivity index (χ1v) is 8.72. The van der Waals surface area contributed by atoms with Gasteiger partial charge in [-0.3, -0.25) is 0 Å². The minimum Gasteiger partial charge on any atom is -0.334 e. The predicted octanol–water partition coefficient (Wildman–Crippen LogP) is 3.33. The van der Waals surface area contributed by atoms with Gasteiger partial charge in [-0.2, -0.15) is 13.2 Å². The first-order chi connectivity index (χ1) is 11.8. The van der Waals surface area contributed by atoms with Crippen LogP contribution in [0.4, 0.5) is 18.0 Å². The maximum absolute atomic E-state index is 12.6. The largest absolute Gasteiger partial charge is 0.416 e. The molecule has 2 bridgehead atoms. The molecular formula is C18H24F3N3O. The van der Waals surface area contributed by atoms with Gasteiger partial charge in [0.25, 0.3) is 0 Å². The molecule has 25 heavy (non-hydrogen) atoms. The van der Waals surface area contributed by atoms with Gasteiger partial charge in [-0.1, -0.05) is 18.6 Å². The fourth-order valence-electron chi connectivity index (χ4n) is 3.80. The van der Waals surface area contributed by atoms with Gasteiger partial charge < -0.3 is 15.1 Å². The van der Waals surface area contributed by atoms with Gasteiger partial charge in [0.2, 0.25) is 0 Å². The van der Waals surface area contributed by atoms with Crippen LogP contribution in [-0.2, 0) is 12.7 Å². The molecule has 2 heterocycles. The predicted molar refractivity (Wildman–Crippen MR) is 89.0 cm³/mol. The maximum Gasteiger partial charge on any atom is 0.416 e.